The van der Waals surface area contributed by atoms with Crippen LogP contribution in [0.25, 0.3) is 0 Å². The topological polar surface area (TPSA) is 44.8 Å². The van der Waals surface area contributed by atoms with Crippen molar-refractivity contribution in [1.29, 1.82) is 0 Å². The Balaban J connectivity index is 1.91. The van der Waals surface area contributed by atoms with Crippen LogP contribution in [0.5, 0.6) is 11.5 Å². The van der Waals surface area contributed by atoms with Crippen molar-refractivity contribution in [3.8, 4) is 11.5 Å². The Morgan fingerprint density at radius 2 is 2.12 bits per heavy atom. The Kier molecular flexibility index (Phi) is 3.29. The number of rotatable bonds is 4. The summed E-state index contributed by atoms with van der Waals surface area (Å²) in [6, 6.07) is 7.41. The largest absolute Gasteiger partial charge is 0.493 e. The molecule has 0 amide bonds. The number of carbonyl (C=O) groups excluding carboxylic acids is 1. The number of methoxy groups -OCH3 is 1. The summed E-state index contributed by atoms with van der Waals surface area (Å²) in [5, 5.41) is 0. The first kappa shape index (κ1) is 10.8. The SMILES string of the molecule is COc1ccccc1OCC1CCC(=O)O1. The van der Waals surface area contributed by atoms with Crippen LogP contribution in [-0.2, 0) is 9.53 Å². The lowest BCUT2D eigenvalue weighted by Crippen LogP contribution is -2.17. The van der Waals surface area contributed by atoms with Gasteiger partial charge in [-0.25, -0.2) is 0 Å². The van der Waals surface area contributed by atoms with E-state index in [9.17, 15) is 4.79 Å². The molecule has 1 atom stereocenters. The number of carbonyl (C=O) groups is 1. The number of hydrogen-bond acceptors (Lipinski definition) is 4. The van der Waals surface area contributed by atoms with Crippen LogP contribution in [0.3, 0.4) is 0 Å². The van der Waals surface area contributed by atoms with Gasteiger partial charge in [-0.05, 0) is 18.6 Å². The van der Waals surface area contributed by atoms with Crippen molar-refractivity contribution in [3.05, 3.63) is 24.3 Å². The van der Waals surface area contributed by atoms with Gasteiger partial charge in [-0.1, -0.05) is 12.1 Å². The van der Waals surface area contributed by atoms with E-state index in [1.54, 1.807) is 7.11 Å². The summed E-state index contributed by atoms with van der Waals surface area (Å²) in [6.45, 7) is 0.381. The first-order valence-electron chi connectivity index (χ1n) is 5.25. The van der Waals surface area contributed by atoms with E-state index in [4.69, 9.17) is 14.2 Å². The zero-order valence-corrected chi connectivity index (χ0v) is 9.14. The molecule has 0 saturated carbocycles. The van der Waals surface area contributed by atoms with E-state index in [1.807, 2.05) is 24.3 Å². The molecule has 0 aromatic heterocycles. The molecule has 0 bridgehead atoms. The first-order valence-corrected chi connectivity index (χ1v) is 5.25. The van der Waals surface area contributed by atoms with Gasteiger partial charge < -0.3 is 14.2 Å². The maximum atomic E-state index is 10.9. The van der Waals surface area contributed by atoms with Crippen LogP contribution in [0, 0.1) is 0 Å². The number of para-hydroxylation sites is 2. The second kappa shape index (κ2) is 4.88. The molecular formula is C12H14O4. The third kappa shape index (κ3) is 2.45. The standard InChI is InChI=1S/C12H14O4/c1-14-10-4-2-3-5-11(10)15-8-9-6-7-12(13)16-9/h2-5,9H,6-8H2,1H3. The normalized spacial score (nSPS) is 19.3. The summed E-state index contributed by atoms with van der Waals surface area (Å²) in [7, 11) is 1.60. The van der Waals surface area contributed by atoms with Crippen LogP contribution in [0.2, 0.25) is 0 Å². The molecule has 1 fully saturated rings. The van der Waals surface area contributed by atoms with Gasteiger partial charge in [0, 0.05) is 6.42 Å². The number of hydrogen-bond donors (Lipinski definition) is 0. The molecule has 4 nitrogen and oxygen atoms in total. The van der Waals surface area contributed by atoms with Crippen LogP contribution >= 0.6 is 0 Å². The van der Waals surface area contributed by atoms with Crippen molar-refractivity contribution in [1.82, 2.24) is 0 Å². The summed E-state index contributed by atoms with van der Waals surface area (Å²) in [5.41, 5.74) is 0. The lowest BCUT2D eigenvalue weighted by atomic mass is 10.2. The summed E-state index contributed by atoms with van der Waals surface area (Å²) in [4.78, 5) is 10.9. The zero-order chi connectivity index (χ0) is 11.4. The monoisotopic (exact) mass is 222 g/mol. The Morgan fingerprint density at radius 3 is 2.75 bits per heavy atom. The lowest BCUT2D eigenvalue weighted by molar-refractivity contribution is -0.142. The highest BCUT2D eigenvalue weighted by Crippen LogP contribution is 2.26. The Morgan fingerprint density at radius 1 is 1.38 bits per heavy atom. The van der Waals surface area contributed by atoms with Gasteiger partial charge in [-0.15, -0.1) is 0 Å². The molecule has 1 heterocycles. The van der Waals surface area contributed by atoms with Crippen LogP contribution < -0.4 is 9.47 Å². The van der Waals surface area contributed by atoms with Crippen molar-refractivity contribution in [2.45, 2.75) is 18.9 Å². The molecule has 1 aromatic carbocycles. The van der Waals surface area contributed by atoms with Crippen LogP contribution in [-0.4, -0.2) is 25.8 Å². The predicted octanol–water partition coefficient (Wildman–Crippen LogP) is 1.78. The smallest absolute Gasteiger partial charge is 0.306 e. The first-order chi connectivity index (χ1) is 7.79. The van der Waals surface area contributed by atoms with Gasteiger partial charge in [0.25, 0.3) is 0 Å². The Bertz CT molecular complexity index is 375. The van der Waals surface area contributed by atoms with Crippen molar-refractivity contribution >= 4 is 5.97 Å². The molecule has 1 unspecified atom stereocenters. The summed E-state index contributed by atoms with van der Waals surface area (Å²) in [6.07, 6.45) is 1.09. The molecule has 0 N–H and O–H groups in total. The van der Waals surface area contributed by atoms with Gasteiger partial charge in [0.1, 0.15) is 12.7 Å². The van der Waals surface area contributed by atoms with E-state index in [0.29, 0.717) is 24.5 Å². The average molecular weight is 222 g/mol. The summed E-state index contributed by atoms with van der Waals surface area (Å²) >= 11 is 0. The number of cyclic esters (lactones) is 1. The summed E-state index contributed by atoms with van der Waals surface area (Å²) in [5.74, 6) is 1.22. The van der Waals surface area contributed by atoms with Crippen LogP contribution in [0.15, 0.2) is 24.3 Å². The average Bonchev–Trinajstić information content (AvgIpc) is 2.73. The van der Waals surface area contributed by atoms with Crippen molar-refractivity contribution < 1.29 is 19.0 Å². The van der Waals surface area contributed by atoms with E-state index in [2.05, 4.69) is 0 Å². The van der Waals surface area contributed by atoms with E-state index >= 15 is 0 Å². The molecule has 1 aliphatic heterocycles. The fourth-order valence-corrected chi connectivity index (χ4v) is 1.62. The molecule has 0 spiro atoms. The van der Waals surface area contributed by atoms with Crippen molar-refractivity contribution in [2.75, 3.05) is 13.7 Å². The van der Waals surface area contributed by atoms with Crippen LogP contribution in [0.4, 0.5) is 0 Å². The second-order valence-corrected chi connectivity index (χ2v) is 3.61. The number of benzene rings is 1. The van der Waals surface area contributed by atoms with Gasteiger partial charge in [-0.3, -0.25) is 4.79 Å². The minimum atomic E-state index is -0.145. The molecule has 16 heavy (non-hydrogen) atoms. The Hall–Kier alpha value is -1.71. The fourth-order valence-electron chi connectivity index (χ4n) is 1.62. The highest BCUT2D eigenvalue weighted by atomic mass is 16.6. The molecule has 1 aliphatic rings. The molecule has 0 aliphatic carbocycles. The second-order valence-electron chi connectivity index (χ2n) is 3.61. The predicted molar refractivity (Wildman–Crippen MR) is 57.6 cm³/mol. The number of esters is 1. The van der Waals surface area contributed by atoms with E-state index in [1.165, 1.54) is 0 Å². The minimum absolute atomic E-state index is 0.127. The molecular weight excluding hydrogens is 208 g/mol. The third-order valence-corrected chi connectivity index (χ3v) is 2.46. The van der Waals surface area contributed by atoms with E-state index < -0.39 is 0 Å². The van der Waals surface area contributed by atoms with Crippen molar-refractivity contribution in [3.63, 3.8) is 0 Å². The third-order valence-electron chi connectivity index (χ3n) is 2.46. The summed E-state index contributed by atoms with van der Waals surface area (Å²) < 4.78 is 15.8. The van der Waals surface area contributed by atoms with Gasteiger partial charge in [-0.2, -0.15) is 0 Å². The number of ether oxygens (including phenoxy) is 3. The van der Waals surface area contributed by atoms with Gasteiger partial charge in [0.15, 0.2) is 11.5 Å². The molecule has 4 heteroatoms. The minimum Gasteiger partial charge on any atom is -0.493 e. The highest BCUT2D eigenvalue weighted by molar-refractivity contribution is 5.71. The molecule has 1 aromatic rings. The lowest BCUT2D eigenvalue weighted by Gasteiger charge is -2.13. The maximum Gasteiger partial charge on any atom is 0.306 e. The maximum absolute atomic E-state index is 10.9. The van der Waals surface area contributed by atoms with E-state index in [-0.39, 0.29) is 12.1 Å². The van der Waals surface area contributed by atoms with Crippen LogP contribution in [0.1, 0.15) is 12.8 Å². The Labute approximate surface area is 94.1 Å². The van der Waals surface area contributed by atoms with Gasteiger partial charge in [0.05, 0.1) is 7.11 Å². The van der Waals surface area contributed by atoms with Gasteiger partial charge >= 0.3 is 5.97 Å². The molecule has 2 rings (SSSR count). The highest BCUT2D eigenvalue weighted by Gasteiger charge is 2.23. The van der Waals surface area contributed by atoms with Gasteiger partial charge in [0.2, 0.25) is 0 Å². The fraction of sp³-hybridized carbons (Fsp3) is 0.417. The zero-order valence-electron chi connectivity index (χ0n) is 9.14. The quantitative estimate of drug-likeness (QED) is 0.728. The molecule has 0 radical (unpaired) electrons. The van der Waals surface area contributed by atoms with Crippen molar-refractivity contribution in [2.24, 2.45) is 0 Å². The molecule has 1 saturated heterocycles. The van der Waals surface area contributed by atoms with E-state index in [0.717, 1.165) is 6.42 Å². The molecule has 86 valence electrons.